The second kappa shape index (κ2) is 16.0. The molecule has 55 heavy (non-hydrogen) atoms. The maximum Gasteiger partial charge on any atom is 2.00 e. The van der Waals surface area contributed by atoms with Crippen LogP contribution in [-0.2, 0) is 52.3 Å². The van der Waals surface area contributed by atoms with Crippen molar-refractivity contribution in [2.24, 2.45) is 0 Å². The molecule has 0 radical (unpaired) electrons. The molecule has 0 spiro atoms. The quantitative estimate of drug-likeness (QED) is 0.116. The molecule has 0 amide bonds. The molecule has 278 valence electrons. The van der Waals surface area contributed by atoms with Gasteiger partial charge in [0, 0.05) is 35.4 Å². The van der Waals surface area contributed by atoms with E-state index in [1.54, 1.807) is 12.4 Å². The average molecular weight is 994 g/mol. The van der Waals surface area contributed by atoms with E-state index in [1.165, 1.54) is 12.7 Å². The summed E-state index contributed by atoms with van der Waals surface area (Å²) in [5.41, 5.74) is 6.73. The molecule has 0 atom stereocenters. The van der Waals surface area contributed by atoms with Crippen molar-refractivity contribution < 1.29 is 51.0 Å². The van der Waals surface area contributed by atoms with E-state index in [0.29, 0.717) is 40.0 Å². The number of aromatic nitrogens is 6. The van der Waals surface area contributed by atoms with Crippen molar-refractivity contribution in [3.8, 4) is 51.5 Å². The third kappa shape index (κ3) is 8.45. The molecule has 0 aliphatic carbocycles. The second-order valence-electron chi connectivity index (χ2n) is 14.9. The Balaban J connectivity index is 0.00000257. The zero-order valence-corrected chi connectivity index (χ0v) is 34.9. The standard InChI is InChI=1S/C45H36N6O2.Pd.Pt/c1-44(2,3)31-19-29(39-11-7-9-17-47-39)21-35(23-31)52-33-13-15-37-38-16-14-34(26-42(38)51(41(37)25-33)43-49-27-46-28-50-43)53-36-22-30(40-12-8-10-18-48-40)20-32(24-36)45(4,5)6;;/h7-20,23-24,27-28H,1-6H3;;/q-4;2*+2. The average Bonchev–Trinajstić information content (AvgIpc) is 3.47. The van der Waals surface area contributed by atoms with Gasteiger partial charge in [0.15, 0.2) is 0 Å². The van der Waals surface area contributed by atoms with E-state index in [0.717, 1.165) is 44.4 Å². The first-order chi connectivity index (χ1) is 25.5. The molecule has 4 heterocycles. The SMILES string of the molecule is CC(C)(C)c1cc(Oc2[c-]c3c(cc2)c2ccc(Oc4[c-]c(-c5ccccn5)cc(C(C)(C)C)c4)[c-]c2n3-c2ncncn2)[c-]c(-c2ccccn2)c1.[Pd+2].[Pt+2]. The van der Waals surface area contributed by atoms with Gasteiger partial charge in [-0.25, -0.2) is 15.0 Å². The Morgan fingerprint density at radius 1 is 0.527 bits per heavy atom. The summed E-state index contributed by atoms with van der Waals surface area (Å²) in [5.74, 6) is 2.57. The summed E-state index contributed by atoms with van der Waals surface area (Å²) in [6.07, 6.45) is 6.50. The summed E-state index contributed by atoms with van der Waals surface area (Å²) in [7, 11) is 0. The fraction of sp³-hybridized carbons (Fsp3) is 0.178. The van der Waals surface area contributed by atoms with Gasteiger partial charge in [0.25, 0.3) is 0 Å². The zero-order valence-electron chi connectivity index (χ0n) is 31.0. The molecule has 8 aromatic rings. The first-order valence-corrected chi connectivity index (χ1v) is 17.4. The minimum Gasteiger partial charge on any atom is -0.503 e. The van der Waals surface area contributed by atoms with Crippen LogP contribution in [0.4, 0.5) is 0 Å². The Labute approximate surface area is 349 Å². The van der Waals surface area contributed by atoms with Crippen molar-refractivity contribution in [1.29, 1.82) is 0 Å². The Hall–Kier alpha value is -5.06. The van der Waals surface area contributed by atoms with Gasteiger partial charge in [0.1, 0.15) is 12.7 Å². The van der Waals surface area contributed by atoms with Crippen LogP contribution in [0.25, 0.3) is 50.3 Å². The molecule has 0 bridgehead atoms. The summed E-state index contributed by atoms with van der Waals surface area (Å²) >= 11 is 0. The smallest absolute Gasteiger partial charge is 0.503 e. The Bertz CT molecular complexity index is 2430. The molecule has 8 rings (SSSR count). The summed E-state index contributed by atoms with van der Waals surface area (Å²) in [6, 6.07) is 41.7. The van der Waals surface area contributed by atoms with Crippen LogP contribution in [0.1, 0.15) is 52.7 Å². The van der Waals surface area contributed by atoms with Crippen molar-refractivity contribution >= 4 is 21.8 Å². The van der Waals surface area contributed by atoms with Gasteiger partial charge >= 0.3 is 41.5 Å². The number of benzene rings is 4. The van der Waals surface area contributed by atoms with E-state index in [1.807, 2.05) is 77.4 Å². The monoisotopic (exact) mass is 993 g/mol. The van der Waals surface area contributed by atoms with Gasteiger partial charge < -0.3 is 24.0 Å². The van der Waals surface area contributed by atoms with E-state index < -0.39 is 0 Å². The predicted molar refractivity (Wildman–Crippen MR) is 206 cm³/mol. The fourth-order valence-corrected chi connectivity index (χ4v) is 6.11. The van der Waals surface area contributed by atoms with Crippen LogP contribution in [0.3, 0.4) is 0 Å². The van der Waals surface area contributed by atoms with E-state index in [9.17, 15) is 0 Å². The van der Waals surface area contributed by atoms with Gasteiger partial charge in [-0.05, 0) is 34.4 Å². The fourth-order valence-electron chi connectivity index (χ4n) is 6.11. The van der Waals surface area contributed by atoms with Crippen molar-refractivity contribution in [1.82, 2.24) is 29.5 Å². The molecule has 0 saturated heterocycles. The summed E-state index contributed by atoms with van der Waals surface area (Å²) in [4.78, 5) is 22.2. The molecule has 0 fully saturated rings. The molecule has 0 unspecified atom stereocenters. The van der Waals surface area contributed by atoms with Crippen LogP contribution < -0.4 is 9.47 Å². The van der Waals surface area contributed by atoms with Crippen LogP contribution in [0, 0.1) is 24.3 Å². The number of rotatable bonds is 7. The van der Waals surface area contributed by atoms with Crippen LogP contribution in [-0.4, -0.2) is 29.5 Å². The Morgan fingerprint density at radius 2 is 0.982 bits per heavy atom. The van der Waals surface area contributed by atoms with Crippen molar-refractivity contribution in [2.75, 3.05) is 0 Å². The van der Waals surface area contributed by atoms with Crippen LogP contribution in [0.5, 0.6) is 23.0 Å². The number of fused-ring (bicyclic) bond motifs is 3. The van der Waals surface area contributed by atoms with Crippen molar-refractivity contribution in [3.05, 3.63) is 145 Å². The van der Waals surface area contributed by atoms with Gasteiger partial charge in [-0.3, -0.25) is 0 Å². The molecule has 10 heteroatoms. The van der Waals surface area contributed by atoms with Crippen LogP contribution >= 0.6 is 0 Å². The first kappa shape index (κ1) is 39.6. The maximum atomic E-state index is 6.51. The Kier molecular flexibility index (Phi) is 11.5. The van der Waals surface area contributed by atoms with E-state index in [4.69, 9.17) is 9.47 Å². The number of nitrogens with zero attached hydrogens (tertiary/aromatic N) is 6. The van der Waals surface area contributed by atoms with Gasteiger partial charge in [-0.2, -0.15) is 22.9 Å². The number of pyridine rings is 2. The first-order valence-electron chi connectivity index (χ1n) is 17.4. The van der Waals surface area contributed by atoms with E-state index in [-0.39, 0.29) is 52.3 Å². The Morgan fingerprint density at radius 3 is 1.38 bits per heavy atom. The summed E-state index contributed by atoms with van der Waals surface area (Å²) in [5, 5.41) is 1.85. The van der Waals surface area contributed by atoms with Crippen LogP contribution in [0.2, 0.25) is 0 Å². The number of ether oxygens (including phenoxy) is 2. The summed E-state index contributed by atoms with van der Waals surface area (Å²) < 4.78 is 14.9. The topological polar surface area (TPSA) is 87.8 Å². The molecule has 0 N–H and O–H groups in total. The molecule has 0 aliphatic rings. The molecule has 4 aromatic carbocycles. The molecule has 4 aromatic heterocycles. The summed E-state index contributed by atoms with van der Waals surface area (Å²) in [6.45, 7) is 13.0. The normalized spacial score (nSPS) is 11.5. The molecular formula is C45H36N6O2PdPt. The zero-order chi connectivity index (χ0) is 36.7. The number of hydrogen-bond acceptors (Lipinski definition) is 7. The van der Waals surface area contributed by atoms with Gasteiger partial charge in [0.2, 0.25) is 5.95 Å². The minimum absolute atomic E-state index is 0. The molecular weight excluding hydrogens is 958 g/mol. The van der Waals surface area contributed by atoms with Crippen molar-refractivity contribution in [2.45, 2.75) is 52.4 Å². The third-order valence-electron chi connectivity index (χ3n) is 8.96. The minimum atomic E-state index is -0.128. The second-order valence-corrected chi connectivity index (χ2v) is 14.9. The number of hydrogen-bond donors (Lipinski definition) is 0. The predicted octanol–water partition coefficient (Wildman–Crippen LogP) is 10.5. The molecule has 0 aliphatic heterocycles. The molecule has 0 saturated carbocycles. The largest absolute Gasteiger partial charge is 2.00 e. The van der Waals surface area contributed by atoms with Crippen LogP contribution in [0.15, 0.2) is 110 Å². The van der Waals surface area contributed by atoms with Crippen molar-refractivity contribution in [3.63, 3.8) is 0 Å². The van der Waals surface area contributed by atoms with Gasteiger partial charge in [-0.1, -0.05) is 101 Å². The van der Waals surface area contributed by atoms with E-state index >= 15 is 0 Å². The van der Waals surface area contributed by atoms with Gasteiger partial charge in [0.05, 0.1) is 0 Å². The molecule has 8 nitrogen and oxygen atoms in total. The van der Waals surface area contributed by atoms with Gasteiger partial charge in [-0.15, -0.1) is 58.7 Å². The van der Waals surface area contributed by atoms with E-state index in [2.05, 4.69) is 103 Å². The third-order valence-corrected chi connectivity index (χ3v) is 8.96. The maximum absolute atomic E-state index is 6.51.